The van der Waals surface area contributed by atoms with Crippen molar-refractivity contribution in [3.05, 3.63) is 6.61 Å². The van der Waals surface area contributed by atoms with Gasteiger partial charge in [-0.25, -0.2) is 0 Å². The van der Waals surface area contributed by atoms with E-state index in [2.05, 4.69) is 0 Å². The predicted octanol–water partition coefficient (Wildman–Crippen LogP) is -3.48. The quantitative estimate of drug-likeness (QED) is 0.377. The second-order valence-electron chi connectivity index (χ2n) is 0.365. The molecular weight excluding hydrogens is 141 g/mol. The van der Waals surface area contributed by atoms with E-state index in [9.17, 15) is 0 Å². The minimum Gasteiger partial charge on any atom is -0.564 e. The summed E-state index contributed by atoms with van der Waals surface area (Å²) >= 11 is 0. The van der Waals surface area contributed by atoms with Crippen molar-refractivity contribution in [1.29, 1.82) is 0 Å². The first-order valence-corrected chi connectivity index (χ1v) is 0.983. The van der Waals surface area contributed by atoms with Crippen LogP contribution in [0.15, 0.2) is 0 Å². The van der Waals surface area contributed by atoms with Gasteiger partial charge in [-0.2, -0.15) is 6.61 Å². The first-order chi connectivity index (χ1) is 1.91. The monoisotopic (exact) mass is 146 g/mol. The maximum atomic E-state index is 7.57. The first kappa shape index (κ1) is 9.87. The second-order valence-corrected chi connectivity index (χ2v) is 0.365. The smallest absolute Gasteiger partial charge is 0.564 e. The minimum absolute atomic E-state index is 0. The maximum Gasteiger partial charge on any atom is 1.00 e. The van der Waals surface area contributed by atoms with Crippen LogP contribution in [0, 0.1) is 6.61 Å². The number of rotatable bonds is 1. The summed E-state index contributed by atoms with van der Waals surface area (Å²) in [7, 11) is 0. The van der Waals surface area contributed by atoms with Crippen LogP contribution in [0.4, 0.5) is 0 Å². The van der Waals surface area contributed by atoms with Crippen LogP contribution in [0.2, 0.25) is 0 Å². The van der Waals surface area contributed by atoms with Crippen molar-refractivity contribution in [3.8, 4) is 0 Å². The molecule has 5 heavy (non-hydrogen) atoms. The third-order valence-electron chi connectivity index (χ3n) is 0.0816. The molecule has 0 radical (unpaired) electrons. The Labute approximate surface area is 80.0 Å². The van der Waals surface area contributed by atoms with Gasteiger partial charge in [-0.3, -0.25) is 0 Å². The molecule has 0 rings (SSSR count). The molecule has 3 heteroatoms. The van der Waals surface area contributed by atoms with E-state index in [0.717, 1.165) is 0 Å². The summed E-state index contributed by atoms with van der Waals surface area (Å²) in [5, 5.41) is 15.1. The van der Waals surface area contributed by atoms with Gasteiger partial charge in [0.05, 0.1) is 0 Å². The molecule has 26 valence electrons. The average molecular weight is 147 g/mol. The van der Waals surface area contributed by atoms with Crippen molar-refractivity contribution in [2.75, 3.05) is 6.61 Å². The van der Waals surface area contributed by atoms with Crippen molar-refractivity contribution >= 4 is 0 Å². The van der Waals surface area contributed by atoms with Crippen LogP contribution in [0.5, 0.6) is 0 Å². The van der Waals surface area contributed by atoms with Crippen molar-refractivity contribution in [1.82, 2.24) is 0 Å². The molecule has 2 nitrogen and oxygen atoms in total. The average Bonchev–Trinajstić information content (AvgIpc) is 1.37. The summed E-state index contributed by atoms with van der Waals surface area (Å²) in [6.45, 7) is 0.431. The van der Waals surface area contributed by atoms with Gasteiger partial charge in [-0.05, 0) is 0 Å². The van der Waals surface area contributed by atoms with Gasteiger partial charge in [0.2, 0.25) is 0 Å². The molecule has 0 heterocycles. The molecule has 0 saturated heterocycles. The van der Waals surface area contributed by atoms with Gasteiger partial charge in [0.1, 0.15) is 0 Å². The van der Waals surface area contributed by atoms with E-state index < -0.39 is 0 Å². The summed E-state index contributed by atoms with van der Waals surface area (Å²) in [6.07, 6.45) is 0. The van der Waals surface area contributed by atoms with Gasteiger partial charge in [0, 0.05) is 0 Å². The number of hydrogen-bond acceptors (Lipinski definition) is 2. The molecule has 0 aromatic carbocycles. The van der Waals surface area contributed by atoms with Crippen molar-refractivity contribution in [2.45, 2.75) is 0 Å². The largest absolute Gasteiger partial charge is 1.00 e. The molecule has 2 N–H and O–H groups in total. The maximum absolute atomic E-state index is 7.57. The van der Waals surface area contributed by atoms with Gasteiger partial charge in [0.25, 0.3) is 0 Å². The Balaban J connectivity index is 0. The number of aliphatic hydroxyl groups is 2. The van der Waals surface area contributed by atoms with E-state index in [1.165, 1.54) is 0 Å². The zero-order valence-corrected chi connectivity index (χ0v) is 8.09. The molecule has 0 aliphatic rings. The molecule has 0 saturated carbocycles. The summed E-state index contributed by atoms with van der Waals surface area (Å²) < 4.78 is 0. The Morgan fingerprint density at radius 3 is 1.80 bits per heavy atom. The Morgan fingerprint density at radius 1 is 1.60 bits per heavy atom. The van der Waals surface area contributed by atoms with Gasteiger partial charge < -0.3 is 10.2 Å². The molecular formula is C2H5O2Rb. The molecule has 0 bridgehead atoms. The molecule has 0 aromatic heterocycles. The van der Waals surface area contributed by atoms with Crippen LogP contribution >= 0.6 is 0 Å². The van der Waals surface area contributed by atoms with Gasteiger partial charge in [0.15, 0.2) is 0 Å². The zero-order valence-electron chi connectivity index (χ0n) is 3.18. The molecule has 0 atom stereocenters. The number of hydrogen-bond donors (Lipinski definition) is 2. The van der Waals surface area contributed by atoms with Crippen molar-refractivity contribution in [3.63, 3.8) is 0 Å². The van der Waals surface area contributed by atoms with Crippen LogP contribution in [0.25, 0.3) is 0 Å². The van der Waals surface area contributed by atoms with E-state index in [0.29, 0.717) is 6.61 Å². The van der Waals surface area contributed by atoms with Crippen LogP contribution in [0.3, 0.4) is 0 Å². The predicted molar refractivity (Wildman–Crippen MR) is 13.3 cm³/mol. The Bertz CT molecular complexity index is 9.61. The fourth-order valence-electron chi connectivity index (χ4n) is 0. The Kier molecular flexibility index (Phi) is 18.2. The topological polar surface area (TPSA) is 40.5 Å². The molecule has 0 amide bonds. The van der Waals surface area contributed by atoms with E-state index in [-0.39, 0.29) is 64.8 Å². The third kappa shape index (κ3) is 10.7. The van der Waals surface area contributed by atoms with E-state index in [4.69, 9.17) is 10.2 Å². The van der Waals surface area contributed by atoms with E-state index >= 15 is 0 Å². The Morgan fingerprint density at radius 2 is 1.80 bits per heavy atom. The van der Waals surface area contributed by atoms with Crippen LogP contribution < -0.4 is 58.2 Å². The Hall–Kier alpha value is 1.73. The summed E-state index contributed by atoms with van der Waals surface area (Å²) in [4.78, 5) is 0. The fourth-order valence-corrected chi connectivity index (χ4v) is 0. The number of aliphatic hydroxyl groups excluding tert-OH is 2. The van der Waals surface area contributed by atoms with Crippen molar-refractivity contribution in [2.24, 2.45) is 0 Å². The van der Waals surface area contributed by atoms with Crippen molar-refractivity contribution < 1.29 is 68.4 Å². The first-order valence-electron chi connectivity index (χ1n) is 0.983. The third-order valence-corrected chi connectivity index (χ3v) is 0.0816. The summed E-state index contributed by atoms with van der Waals surface area (Å²) in [6, 6.07) is 0. The SMILES string of the molecule is O[CH-]CO.[Rb+]. The molecule has 0 aliphatic heterocycles. The summed E-state index contributed by atoms with van der Waals surface area (Å²) in [5.41, 5.74) is 0. The van der Waals surface area contributed by atoms with Gasteiger partial charge >= 0.3 is 58.2 Å². The molecule has 0 unspecified atom stereocenters. The normalized spacial score (nSPS) is 6.00. The molecule has 0 aromatic rings. The summed E-state index contributed by atoms with van der Waals surface area (Å²) in [5.74, 6) is 0. The van der Waals surface area contributed by atoms with E-state index in [1.54, 1.807) is 0 Å². The van der Waals surface area contributed by atoms with Gasteiger partial charge in [-0.15, -0.1) is 0 Å². The molecule has 0 fully saturated rings. The van der Waals surface area contributed by atoms with Crippen LogP contribution in [-0.2, 0) is 0 Å². The molecule has 0 aliphatic carbocycles. The van der Waals surface area contributed by atoms with Gasteiger partial charge in [-0.1, -0.05) is 6.61 Å². The standard InChI is InChI=1S/C2H5O2.Rb/c3-1-2-4;/h1,3-4H,2H2;/q-1;+1. The second kappa shape index (κ2) is 9.21. The minimum atomic E-state index is -0.250. The van der Waals surface area contributed by atoms with Crippen LogP contribution in [-0.4, -0.2) is 16.8 Å². The van der Waals surface area contributed by atoms with E-state index in [1.807, 2.05) is 0 Å². The van der Waals surface area contributed by atoms with Crippen LogP contribution in [0.1, 0.15) is 0 Å². The zero-order chi connectivity index (χ0) is 3.41. The molecule has 0 spiro atoms. The fraction of sp³-hybridized carbons (Fsp3) is 0.500.